The Labute approximate surface area is 120 Å². The highest BCUT2D eigenvalue weighted by Gasteiger charge is 2.21. The van der Waals surface area contributed by atoms with Crippen LogP contribution in [0.2, 0.25) is 5.02 Å². The van der Waals surface area contributed by atoms with Crippen molar-refractivity contribution in [2.45, 2.75) is 44.6 Å². The lowest BCUT2D eigenvalue weighted by Gasteiger charge is -2.18. The summed E-state index contributed by atoms with van der Waals surface area (Å²) in [7, 11) is -3.63. The summed E-state index contributed by atoms with van der Waals surface area (Å²) < 4.78 is 27.1. The molecule has 2 unspecified atom stereocenters. The van der Waals surface area contributed by atoms with Crippen LogP contribution in [0.5, 0.6) is 0 Å². The van der Waals surface area contributed by atoms with Crippen LogP contribution in [0.25, 0.3) is 0 Å². The molecular weight excluding hydrogens is 284 g/mol. The number of rotatable bonds is 6. The highest BCUT2D eigenvalue weighted by molar-refractivity contribution is 7.89. The number of hydrogen-bond donors (Lipinski definition) is 2. The Balaban J connectivity index is 2.89. The Bertz CT molecular complexity index is 531. The zero-order chi connectivity index (χ0) is 14.6. The van der Waals surface area contributed by atoms with E-state index in [0.717, 1.165) is 12.8 Å². The molecule has 0 saturated heterocycles. The first-order valence-electron chi connectivity index (χ1n) is 6.33. The average molecular weight is 305 g/mol. The van der Waals surface area contributed by atoms with Gasteiger partial charge in [0.15, 0.2) is 0 Å². The number of anilines is 1. The molecule has 0 amide bonds. The molecule has 108 valence electrons. The molecule has 1 rings (SSSR count). The zero-order valence-electron chi connectivity index (χ0n) is 11.5. The maximum Gasteiger partial charge on any atom is 0.242 e. The second-order valence-corrected chi connectivity index (χ2v) is 7.05. The van der Waals surface area contributed by atoms with E-state index < -0.39 is 10.0 Å². The van der Waals surface area contributed by atoms with E-state index in [-0.39, 0.29) is 16.0 Å². The molecule has 0 aliphatic rings. The molecule has 3 N–H and O–H groups in total. The lowest BCUT2D eigenvalue weighted by Crippen LogP contribution is -2.34. The molecule has 0 radical (unpaired) electrons. The van der Waals surface area contributed by atoms with Crippen LogP contribution in [0.4, 0.5) is 5.69 Å². The molecule has 0 aliphatic carbocycles. The fourth-order valence-electron chi connectivity index (χ4n) is 1.87. The van der Waals surface area contributed by atoms with Crippen LogP contribution < -0.4 is 10.5 Å². The van der Waals surface area contributed by atoms with Crippen molar-refractivity contribution in [2.75, 3.05) is 5.73 Å². The van der Waals surface area contributed by atoms with E-state index in [1.165, 1.54) is 12.1 Å². The number of benzene rings is 1. The first kappa shape index (κ1) is 16.3. The summed E-state index contributed by atoms with van der Waals surface area (Å²) in [6.07, 6.45) is 1.81. The van der Waals surface area contributed by atoms with Crippen molar-refractivity contribution in [3.63, 3.8) is 0 Å². The van der Waals surface area contributed by atoms with Crippen molar-refractivity contribution in [3.05, 3.63) is 23.2 Å². The number of hydrogen-bond acceptors (Lipinski definition) is 3. The van der Waals surface area contributed by atoms with Gasteiger partial charge in [-0.2, -0.15) is 0 Å². The van der Waals surface area contributed by atoms with E-state index in [2.05, 4.69) is 18.6 Å². The summed E-state index contributed by atoms with van der Waals surface area (Å²) in [5, 5.41) is 0.178. The van der Waals surface area contributed by atoms with Gasteiger partial charge in [0.1, 0.15) is 4.90 Å². The molecule has 0 spiro atoms. The summed E-state index contributed by atoms with van der Waals surface area (Å²) in [6.45, 7) is 6.03. The normalized spacial score (nSPS) is 15.2. The Hall–Kier alpha value is -0.780. The van der Waals surface area contributed by atoms with Crippen molar-refractivity contribution in [1.29, 1.82) is 0 Å². The maximum absolute atomic E-state index is 12.2. The third-order valence-corrected chi connectivity index (χ3v) is 5.13. The molecule has 6 heteroatoms. The molecule has 1 aromatic carbocycles. The van der Waals surface area contributed by atoms with Gasteiger partial charge in [-0.1, -0.05) is 31.9 Å². The first-order chi connectivity index (χ1) is 8.76. The SMILES string of the molecule is CCC(C)CC(C)NS(=O)(=O)c1cc(N)ccc1Cl. The third-order valence-electron chi connectivity index (χ3n) is 3.05. The second-order valence-electron chi connectivity index (χ2n) is 4.96. The number of nitrogen functional groups attached to an aromatic ring is 1. The Morgan fingerprint density at radius 2 is 2.00 bits per heavy atom. The molecule has 2 atom stereocenters. The van der Waals surface area contributed by atoms with Crippen molar-refractivity contribution in [2.24, 2.45) is 5.92 Å². The van der Waals surface area contributed by atoms with Crippen molar-refractivity contribution >= 4 is 27.3 Å². The Kier molecular flexibility index (Phi) is 5.64. The van der Waals surface area contributed by atoms with Crippen LogP contribution in [-0.2, 0) is 10.0 Å². The highest BCUT2D eigenvalue weighted by atomic mass is 35.5. The van der Waals surface area contributed by atoms with Crippen LogP contribution in [0, 0.1) is 5.92 Å². The molecule has 1 aromatic rings. The number of sulfonamides is 1. The Morgan fingerprint density at radius 1 is 1.37 bits per heavy atom. The predicted octanol–water partition coefficient (Wildman–Crippen LogP) is 3.03. The molecule has 4 nitrogen and oxygen atoms in total. The number of halogens is 1. The molecular formula is C13H21ClN2O2S. The second kappa shape index (κ2) is 6.59. The first-order valence-corrected chi connectivity index (χ1v) is 8.19. The predicted molar refractivity (Wildman–Crippen MR) is 79.7 cm³/mol. The number of nitrogens with one attached hydrogen (secondary N) is 1. The van der Waals surface area contributed by atoms with Gasteiger partial charge in [-0.3, -0.25) is 0 Å². The fourth-order valence-corrected chi connectivity index (χ4v) is 3.66. The smallest absolute Gasteiger partial charge is 0.242 e. The molecule has 0 saturated carbocycles. The van der Waals surface area contributed by atoms with Crippen molar-refractivity contribution in [1.82, 2.24) is 4.72 Å². The zero-order valence-corrected chi connectivity index (χ0v) is 13.1. The minimum atomic E-state index is -3.63. The van der Waals surface area contributed by atoms with Crippen LogP contribution in [-0.4, -0.2) is 14.5 Å². The summed E-state index contributed by atoms with van der Waals surface area (Å²) >= 11 is 5.92. The lowest BCUT2D eigenvalue weighted by atomic mass is 10.0. The van der Waals surface area contributed by atoms with Crippen molar-refractivity contribution in [3.8, 4) is 0 Å². The van der Waals surface area contributed by atoms with Crippen LogP contribution in [0.3, 0.4) is 0 Å². The van der Waals surface area contributed by atoms with Gasteiger partial charge in [-0.25, -0.2) is 13.1 Å². The van der Waals surface area contributed by atoms with Crippen LogP contribution in [0.15, 0.2) is 23.1 Å². The van der Waals surface area contributed by atoms with E-state index >= 15 is 0 Å². The standard InChI is InChI=1S/C13H21ClN2O2S/c1-4-9(2)7-10(3)16-19(17,18)13-8-11(15)5-6-12(13)14/h5-6,8-10,16H,4,7,15H2,1-3H3. The molecule has 0 aliphatic heterocycles. The fraction of sp³-hybridized carbons (Fsp3) is 0.538. The van der Waals surface area contributed by atoms with E-state index in [9.17, 15) is 8.42 Å². The van der Waals surface area contributed by atoms with E-state index in [4.69, 9.17) is 17.3 Å². The minimum absolute atomic E-state index is 0.0326. The monoisotopic (exact) mass is 304 g/mol. The van der Waals surface area contributed by atoms with Gasteiger partial charge in [0.25, 0.3) is 0 Å². The molecule has 0 fully saturated rings. The van der Waals surface area contributed by atoms with E-state index in [0.29, 0.717) is 11.6 Å². The largest absolute Gasteiger partial charge is 0.399 e. The van der Waals surface area contributed by atoms with Crippen LogP contribution in [0.1, 0.15) is 33.6 Å². The van der Waals surface area contributed by atoms with Gasteiger partial charge in [-0.15, -0.1) is 0 Å². The summed E-state index contributed by atoms with van der Waals surface area (Å²) in [4.78, 5) is 0.0326. The van der Waals surface area contributed by atoms with Gasteiger partial charge in [0, 0.05) is 11.7 Å². The third kappa shape index (κ3) is 4.67. The van der Waals surface area contributed by atoms with Crippen LogP contribution >= 0.6 is 11.6 Å². The minimum Gasteiger partial charge on any atom is -0.399 e. The average Bonchev–Trinajstić information content (AvgIpc) is 2.31. The summed E-state index contributed by atoms with van der Waals surface area (Å²) in [5.41, 5.74) is 5.98. The van der Waals surface area contributed by atoms with Gasteiger partial charge in [0.05, 0.1) is 5.02 Å². The van der Waals surface area contributed by atoms with Gasteiger partial charge < -0.3 is 5.73 Å². The molecule has 19 heavy (non-hydrogen) atoms. The van der Waals surface area contributed by atoms with E-state index in [1.54, 1.807) is 6.07 Å². The highest BCUT2D eigenvalue weighted by Crippen LogP contribution is 2.24. The van der Waals surface area contributed by atoms with Crippen molar-refractivity contribution < 1.29 is 8.42 Å². The topological polar surface area (TPSA) is 72.2 Å². The molecule has 0 heterocycles. The van der Waals surface area contributed by atoms with Gasteiger partial charge in [-0.05, 0) is 37.5 Å². The summed E-state index contributed by atoms with van der Waals surface area (Å²) in [6, 6.07) is 4.30. The van der Waals surface area contributed by atoms with Gasteiger partial charge >= 0.3 is 0 Å². The quantitative estimate of drug-likeness (QED) is 0.793. The maximum atomic E-state index is 12.2. The van der Waals surface area contributed by atoms with E-state index in [1.807, 2.05) is 6.92 Å². The number of nitrogens with two attached hydrogens (primary N) is 1. The molecule has 0 bridgehead atoms. The molecule has 0 aromatic heterocycles. The van der Waals surface area contributed by atoms with Gasteiger partial charge in [0.2, 0.25) is 10.0 Å². The lowest BCUT2D eigenvalue weighted by molar-refractivity contribution is 0.445. The Morgan fingerprint density at radius 3 is 2.58 bits per heavy atom. The summed E-state index contributed by atoms with van der Waals surface area (Å²) in [5.74, 6) is 0.467.